The van der Waals surface area contributed by atoms with Crippen molar-refractivity contribution < 1.29 is 4.84 Å². The topological polar surface area (TPSA) is 21.6 Å². The number of benzene rings is 2. The third kappa shape index (κ3) is 4.03. The Balaban J connectivity index is 2.29. The van der Waals surface area contributed by atoms with Crippen molar-refractivity contribution in [3.8, 4) is 11.8 Å². The van der Waals surface area contributed by atoms with Gasteiger partial charge in [-0.3, -0.25) is 0 Å². The first-order valence-corrected chi connectivity index (χ1v) is 6.59. The highest BCUT2D eigenvalue weighted by molar-refractivity contribution is 6.31. The van der Waals surface area contributed by atoms with Crippen LogP contribution in [0.2, 0.25) is 10.0 Å². The Morgan fingerprint density at radius 2 is 1.50 bits per heavy atom. The quantitative estimate of drug-likeness (QED) is 0.458. The van der Waals surface area contributed by atoms with Crippen LogP contribution in [0.1, 0.15) is 11.1 Å². The molecule has 0 heterocycles. The summed E-state index contributed by atoms with van der Waals surface area (Å²) in [6.07, 6.45) is 0. The van der Waals surface area contributed by atoms with Crippen molar-refractivity contribution in [1.29, 1.82) is 0 Å². The summed E-state index contributed by atoms with van der Waals surface area (Å²) in [7, 11) is 1.49. The highest BCUT2D eigenvalue weighted by Crippen LogP contribution is 2.11. The van der Waals surface area contributed by atoms with Crippen molar-refractivity contribution in [2.24, 2.45) is 5.16 Å². The van der Waals surface area contributed by atoms with E-state index in [2.05, 4.69) is 17.0 Å². The molecule has 2 rings (SSSR count). The van der Waals surface area contributed by atoms with E-state index in [1.807, 2.05) is 24.3 Å². The van der Waals surface area contributed by atoms with E-state index in [1.165, 1.54) is 7.11 Å². The first-order chi connectivity index (χ1) is 9.69. The first kappa shape index (κ1) is 14.5. The monoisotopic (exact) mass is 303 g/mol. The molecule has 0 amide bonds. The van der Waals surface area contributed by atoms with Crippen LogP contribution < -0.4 is 0 Å². The summed E-state index contributed by atoms with van der Waals surface area (Å²) in [5, 5.41) is 5.27. The molecule has 0 unspecified atom stereocenters. The summed E-state index contributed by atoms with van der Waals surface area (Å²) in [5.41, 5.74) is 2.24. The highest BCUT2D eigenvalue weighted by Gasteiger charge is 2.01. The minimum atomic E-state index is 0.541. The van der Waals surface area contributed by atoms with E-state index in [1.54, 1.807) is 24.3 Å². The molecule has 2 aromatic rings. The standard InChI is InChI=1S/C16H11Cl2NO/c1-20-19-16(13-5-9-15(18)10-6-13)11-4-12-2-7-14(17)8-3-12/h2-3,5-10H,1H3/b19-16+. The molecule has 20 heavy (non-hydrogen) atoms. The van der Waals surface area contributed by atoms with Gasteiger partial charge in [-0.2, -0.15) is 0 Å². The molecule has 0 spiro atoms. The van der Waals surface area contributed by atoms with E-state index >= 15 is 0 Å². The number of nitrogens with zero attached hydrogens (tertiary/aromatic N) is 1. The predicted octanol–water partition coefficient (Wildman–Crippen LogP) is 4.40. The molecule has 0 radical (unpaired) electrons. The largest absolute Gasteiger partial charge is 0.398 e. The lowest BCUT2D eigenvalue weighted by atomic mass is 10.1. The summed E-state index contributed by atoms with van der Waals surface area (Å²) < 4.78 is 0. The molecule has 2 aromatic carbocycles. The molecule has 0 bridgehead atoms. The maximum Gasteiger partial charge on any atom is 0.160 e. The molecule has 0 aromatic heterocycles. The predicted molar refractivity (Wildman–Crippen MR) is 83.3 cm³/mol. The van der Waals surface area contributed by atoms with Gasteiger partial charge in [0.25, 0.3) is 0 Å². The van der Waals surface area contributed by atoms with Crippen LogP contribution >= 0.6 is 23.2 Å². The number of hydrogen-bond acceptors (Lipinski definition) is 2. The van der Waals surface area contributed by atoms with Gasteiger partial charge in [-0.05, 0) is 42.3 Å². The maximum absolute atomic E-state index is 5.86. The van der Waals surface area contributed by atoms with Crippen LogP contribution in [0.25, 0.3) is 0 Å². The fourth-order valence-corrected chi connectivity index (χ4v) is 1.76. The van der Waals surface area contributed by atoms with Crippen molar-refractivity contribution in [1.82, 2.24) is 0 Å². The van der Waals surface area contributed by atoms with Gasteiger partial charge in [0.15, 0.2) is 5.71 Å². The summed E-state index contributed by atoms with van der Waals surface area (Å²) in [6.45, 7) is 0. The average molecular weight is 304 g/mol. The normalized spacial score (nSPS) is 10.7. The Hall–Kier alpha value is -1.95. The van der Waals surface area contributed by atoms with Crippen LogP contribution in [0.3, 0.4) is 0 Å². The summed E-state index contributed by atoms with van der Waals surface area (Å²) in [6, 6.07) is 14.5. The van der Waals surface area contributed by atoms with Crippen LogP contribution in [-0.4, -0.2) is 12.8 Å². The molecule has 0 N–H and O–H groups in total. The van der Waals surface area contributed by atoms with Gasteiger partial charge in [0, 0.05) is 21.2 Å². The van der Waals surface area contributed by atoms with Gasteiger partial charge in [0.1, 0.15) is 7.11 Å². The zero-order valence-electron chi connectivity index (χ0n) is 10.7. The number of hydrogen-bond donors (Lipinski definition) is 0. The molecule has 0 atom stereocenters. The summed E-state index contributed by atoms with van der Waals surface area (Å²) in [4.78, 5) is 4.83. The molecule has 0 aliphatic carbocycles. The molecule has 0 aliphatic rings. The number of rotatable bonds is 2. The van der Waals surface area contributed by atoms with Gasteiger partial charge in [-0.1, -0.05) is 46.4 Å². The smallest absolute Gasteiger partial charge is 0.160 e. The third-order valence-corrected chi connectivity index (χ3v) is 2.97. The van der Waals surface area contributed by atoms with Crippen LogP contribution in [0, 0.1) is 11.8 Å². The number of halogens is 2. The molecule has 0 fully saturated rings. The zero-order valence-corrected chi connectivity index (χ0v) is 12.2. The molecule has 2 nitrogen and oxygen atoms in total. The SMILES string of the molecule is CO/N=C(\C#Cc1ccc(Cl)cc1)c1ccc(Cl)cc1. The maximum atomic E-state index is 5.86. The molecular weight excluding hydrogens is 293 g/mol. The Bertz CT molecular complexity index is 664. The fourth-order valence-electron chi connectivity index (χ4n) is 1.51. The second-order valence-corrected chi connectivity index (χ2v) is 4.76. The van der Waals surface area contributed by atoms with Crippen LogP contribution in [-0.2, 0) is 4.84 Å². The summed E-state index contributed by atoms with van der Waals surface area (Å²) in [5.74, 6) is 6.00. The average Bonchev–Trinajstić information content (AvgIpc) is 2.46. The van der Waals surface area contributed by atoms with Crippen LogP contribution in [0.4, 0.5) is 0 Å². The summed E-state index contributed by atoms with van der Waals surface area (Å²) >= 11 is 11.7. The van der Waals surface area contributed by atoms with Crippen molar-refractivity contribution in [2.75, 3.05) is 7.11 Å². The van der Waals surface area contributed by atoms with Gasteiger partial charge < -0.3 is 4.84 Å². The van der Waals surface area contributed by atoms with E-state index in [-0.39, 0.29) is 0 Å². The Kier molecular flexibility index (Phi) is 5.06. The minimum Gasteiger partial charge on any atom is -0.398 e. The van der Waals surface area contributed by atoms with Gasteiger partial charge in [-0.25, -0.2) is 0 Å². The van der Waals surface area contributed by atoms with Crippen LogP contribution in [0.5, 0.6) is 0 Å². The Labute approximate surface area is 128 Å². The highest BCUT2D eigenvalue weighted by atomic mass is 35.5. The minimum absolute atomic E-state index is 0.541. The van der Waals surface area contributed by atoms with Crippen molar-refractivity contribution in [3.05, 3.63) is 69.7 Å². The van der Waals surface area contributed by atoms with E-state index in [0.717, 1.165) is 11.1 Å². The van der Waals surface area contributed by atoms with Crippen molar-refractivity contribution in [3.63, 3.8) is 0 Å². The van der Waals surface area contributed by atoms with E-state index in [9.17, 15) is 0 Å². The third-order valence-electron chi connectivity index (χ3n) is 2.47. The Morgan fingerprint density at radius 1 is 0.950 bits per heavy atom. The van der Waals surface area contributed by atoms with Gasteiger partial charge in [0.05, 0.1) is 0 Å². The van der Waals surface area contributed by atoms with E-state index in [0.29, 0.717) is 15.8 Å². The molecule has 0 saturated heterocycles. The lowest BCUT2D eigenvalue weighted by Crippen LogP contribution is -1.98. The zero-order chi connectivity index (χ0) is 14.4. The lowest BCUT2D eigenvalue weighted by Gasteiger charge is -1.99. The van der Waals surface area contributed by atoms with Gasteiger partial charge >= 0.3 is 0 Å². The first-order valence-electron chi connectivity index (χ1n) is 5.84. The second kappa shape index (κ2) is 7.00. The fraction of sp³-hybridized carbons (Fsp3) is 0.0625. The van der Waals surface area contributed by atoms with Crippen molar-refractivity contribution >= 4 is 28.9 Å². The van der Waals surface area contributed by atoms with Gasteiger partial charge in [0.2, 0.25) is 0 Å². The molecular formula is C16H11Cl2NO. The van der Waals surface area contributed by atoms with E-state index in [4.69, 9.17) is 28.0 Å². The van der Waals surface area contributed by atoms with Crippen LogP contribution in [0.15, 0.2) is 53.7 Å². The molecule has 100 valence electrons. The molecule has 0 aliphatic heterocycles. The Morgan fingerprint density at radius 3 is 2.05 bits per heavy atom. The molecule has 4 heteroatoms. The lowest BCUT2D eigenvalue weighted by molar-refractivity contribution is 0.214. The van der Waals surface area contributed by atoms with Gasteiger partial charge in [-0.15, -0.1) is 0 Å². The second-order valence-electron chi connectivity index (χ2n) is 3.89. The number of oxime groups is 1. The molecule has 0 saturated carbocycles. The van der Waals surface area contributed by atoms with Crippen molar-refractivity contribution in [2.45, 2.75) is 0 Å². The van der Waals surface area contributed by atoms with E-state index < -0.39 is 0 Å².